The van der Waals surface area contributed by atoms with Gasteiger partial charge in [-0.3, -0.25) is 9.59 Å². The normalized spacial score (nSPS) is 11.3. The molecule has 0 saturated carbocycles. The molecule has 0 amide bonds. The van der Waals surface area contributed by atoms with Crippen LogP contribution in [-0.4, -0.2) is 56.3 Å². The first-order valence-corrected chi connectivity index (χ1v) is 12.5. The maximum absolute atomic E-state index is 13.0. The number of aliphatic imine (C=N–C) groups is 1. The van der Waals surface area contributed by atoms with Gasteiger partial charge in [-0.25, -0.2) is 4.99 Å². The van der Waals surface area contributed by atoms with Crippen LogP contribution in [0.5, 0.6) is 0 Å². The number of ether oxygens (including phenoxy) is 3. The average molecular weight is 539 g/mol. The summed E-state index contributed by atoms with van der Waals surface area (Å²) in [5, 5.41) is 12.7. The molecule has 0 aromatic heterocycles. The Morgan fingerprint density at radius 2 is 1.66 bits per heavy atom. The molecule has 0 fully saturated rings. The number of para-hydroxylation sites is 2. The maximum Gasteiger partial charge on any atom is 0.303 e. The highest BCUT2D eigenvalue weighted by Gasteiger charge is 2.15. The van der Waals surface area contributed by atoms with Gasteiger partial charge in [0.25, 0.3) is 0 Å². The molecule has 38 heavy (non-hydrogen) atoms. The van der Waals surface area contributed by atoms with Crippen molar-refractivity contribution in [2.45, 2.75) is 19.8 Å². The number of nitrogens with one attached hydrogen (secondary N) is 1. The lowest BCUT2D eigenvalue weighted by molar-refractivity contribution is -0.136. The smallest absolute Gasteiger partial charge is 0.303 e. The summed E-state index contributed by atoms with van der Waals surface area (Å²) >= 11 is 6.51. The standard InChI is InChI=1S/C29H31ClN2O6/c1-20-7-3-4-8-22(20)29(35)23-12-11-21(19-24(23)30)31-25-9-5-6-10-26(25)32-27(13-14-28(33)34)38-18-17-37-16-15-36-2/h3-12,19,31H,13-18H2,1-2H3,(H,33,34). The molecular weight excluding hydrogens is 508 g/mol. The highest BCUT2D eigenvalue weighted by atomic mass is 35.5. The average Bonchev–Trinajstić information content (AvgIpc) is 2.90. The summed E-state index contributed by atoms with van der Waals surface area (Å²) in [5.41, 5.74) is 3.78. The Morgan fingerprint density at radius 1 is 0.921 bits per heavy atom. The molecule has 0 aliphatic heterocycles. The highest BCUT2D eigenvalue weighted by Crippen LogP contribution is 2.31. The SMILES string of the molecule is COCCOCCOC(CCC(=O)O)=Nc1ccccc1Nc1ccc(C(=O)c2ccccc2C)c(Cl)c1. The molecule has 0 aliphatic rings. The van der Waals surface area contributed by atoms with Crippen LogP contribution in [0.15, 0.2) is 71.7 Å². The molecule has 8 nitrogen and oxygen atoms in total. The lowest BCUT2D eigenvalue weighted by Crippen LogP contribution is -2.13. The molecule has 0 spiro atoms. The van der Waals surface area contributed by atoms with Crippen LogP contribution in [0.1, 0.15) is 34.3 Å². The Hall–Kier alpha value is -3.72. The van der Waals surface area contributed by atoms with Crippen LogP contribution in [0.3, 0.4) is 0 Å². The minimum atomic E-state index is -0.945. The molecule has 0 atom stereocenters. The Bertz CT molecular complexity index is 1280. The van der Waals surface area contributed by atoms with E-state index in [4.69, 9.17) is 30.9 Å². The number of carbonyl (C=O) groups is 2. The Kier molecular flexibility index (Phi) is 11.3. The van der Waals surface area contributed by atoms with Crippen LogP contribution in [0, 0.1) is 6.92 Å². The number of ketones is 1. The zero-order valence-electron chi connectivity index (χ0n) is 21.4. The number of aliphatic carboxylic acids is 1. The predicted octanol–water partition coefficient (Wildman–Crippen LogP) is 6.20. The van der Waals surface area contributed by atoms with Crippen LogP contribution >= 0.6 is 11.6 Å². The summed E-state index contributed by atoms with van der Waals surface area (Å²) < 4.78 is 16.1. The number of rotatable bonds is 14. The zero-order valence-corrected chi connectivity index (χ0v) is 22.2. The Labute approximate surface area is 227 Å². The van der Waals surface area contributed by atoms with E-state index in [9.17, 15) is 9.59 Å². The Morgan fingerprint density at radius 3 is 2.39 bits per heavy atom. The van der Waals surface area contributed by atoms with Crippen molar-refractivity contribution in [1.29, 1.82) is 0 Å². The van der Waals surface area contributed by atoms with Gasteiger partial charge in [-0.1, -0.05) is 48.0 Å². The van der Waals surface area contributed by atoms with Crippen LogP contribution in [0.2, 0.25) is 5.02 Å². The second kappa shape index (κ2) is 14.9. The van der Waals surface area contributed by atoms with E-state index in [2.05, 4.69) is 10.3 Å². The molecule has 0 aliphatic carbocycles. The van der Waals surface area contributed by atoms with Gasteiger partial charge < -0.3 is 24.6 Å². The van der Waals surface area contributed by atoms with Gasteiger partial charge in [0.1, 0.15) is 6.61 Å². The van der Waals surface area contributed by atoms with Crippen molar-refractivity contribution < 1.29 is 28.9 Å². The lowest BCUT2D eigenvalue weighted by atomic mass is 9.99. The van der Waals surface area contributed by atoms with E-state index < -0.39 is 5.97 Å². The first-order valence-electron chi connectivity index (χ1n) is 12.1. The molecular formula is C29H31ClN2O6. The fraction of sp³-hybridized carbons (Fsp3) is 0.276. The van der Waals surface area contributed by atoms with Crippen LogP contribution in [-0.2, 0) is 19.0 Å². The first kappa shape index (κ1) is 28.8. The van der Waals surface area contributed by atoms with E-state index in [1.807, 2.05) is 43.3 Å². The van der Waals surface area contributed by atoms with Gasteiger partial charge in [0.15, 0.2) is 11.7 Å². The van der Waals surface area contributed by atoms with E-state index in [1.165, 1.54) is 0 Å². The van der Waals surface area contributed by atoms with Crippen molar-refractivity contribution in [3.8, 4) is 0 Å². The third-order valence-corrected chi connectivity index (χ3v) is 5.83. The number of hydrogen-bond acceptors (Lipinski definition) is 7. The van der Waals surface area contributed by atoms with E-state index in [0.717, 1.165) is 5.56 Å². The number of methoxy groups -OCH3 is 1. The first-order chi connectivity index (χ1) is 18.4. The van der Waals surface area contributed by atoms with Gasteiger partial charge in [0.05, 0.1) is 42.6 Å². The fourth-order valence-electron chi connectivity index (χ4n) is 3.55. The number of halogens is 1. The highest BCUT2D eigenvalue weighted by molar-refractivity contribution is 6.35. The monoisotopic (exact) mass is 538 g/mol. The van der Waals surface area contributed by atoms with Gasteiger partial charge in [-0.2, -0.15) is 0 Å². The minimum Gasteiger partial charge on any atom is -0.481 e. The van der Waals surface area contributed by atoms with Gasteiger partial charge >= 0.3 is 5.97 Å². The van der Waals surface area contributed by atoms with Gasteiger partial charge in [0, 0.05) is 30.3 Å². The quantitative estimate of drug-likeness (QED) is 0.109. The maximum atomic E-state index is 13.0. The molecule has 9 heteroatoms. The molecule has 0 saturated heterocycles. The number of carboxylic acids is 1. The number of benzene rings is 3. The van der Waals surface area contributed by atoms with Crippen LogP contribution in [0.4, 0.5) is 17.1 Å². The largest absolute Gasteiger partial charge is 0.481 e. The molecule has 3 rings (SSSR count). The third-order valence-electron chi connectivity index (χ3n) is 5.51. The third kappa shape index (κ3) is 8.69. The van der Waals surface area contributed by atoms with E-state index in [1.54, 1.807) is 37.4 Å². The van der Waals surface area contributed by atoms with E-state index >= 15 is 0 Å². The minimum absolute atomic E-state index is 0.120. The fourth-order valence-corrected chi connectivity index (χ4v) is 3.82. The second-order valence-electron chi connectivity index (χ2n) is 8.33. The molecule has 0 bridgehead atoms. The van der Waals surface area contributed by atoms with E-state index in [-0.39, 0.29) is 31.1 Å². The predicted molar refractivity (Wildman–Crippen MR) is 148 cm³/mol. The van der Waals surface area contributed by atoms with Crippen molar-refractivity contribution in [2.75, 3.05) is 38.9 Å². The number of nitrogens with zero attached hydrogens (tertiary/aromatic N) is 1. The number of aryl methyl sites for hydroxylation is 1. The van der Waals surface area contributed by atoms with Gasteiger partial charge in [-0.15, -0.1) is 0 Å². The topological polar surface area (TPSA) is 106 Å². The van der Waals surface area contributed by atoms with Gasteiger partial charge in [-0.05, 0) is 42.8 Å². The van der Waals surface area contributed by atoms with Crippen molar-refractivity contribution >= 4 is 46.3 Å². The van der Waals surface area contributed by atoms with Crippen LogP contribution < -0.4 is 5.32 Å². The molecule has 3 aromatic carbocycles. The number of anilines is 2. The van der Waals surface area contributed by atoms with Crippen LogP contribution in [0.25, 0.3) is 0 Å². The van der Waals surface area contributed by atoms with Crippen molar-refractivity contribution in [3.63, 3.8) is 0 Å². The summed E-state index contributed by atoms with van der Waals surface area (Å²) in [6, 6.07) is 19.8. The number of carboxylic acid groups (broad SMARTS) is 1. The van der Waals surface area contributed by atoms with Crippen molar-refractivity contribution in [3.05, 3.63) is 88.4 Å². The van der Waals surface area contributed by atoms with Gasteiger partial charge in [0.2, 0.25) is 0 Å². The lowest BCUT2D eigenvalue weighted by Gasteiger charge is -2.13. The second-order valence-corrected chi connectivity index (χ2v) is 8.74. The molecule has 2 N–H and O–H groups in total. The summed E-state index contributed by atoms with van der Waals surface area (Å²) in [5.74, 6) is -0.802. The number of carbonyl (C=O) groups excluding carboxylic acids is 1. The van der Waals surface area contributed by atoms with Crippen molar-refractivity contribution in [2.24, 2.45) is 4.99 Å². The zero-order chi connectivity index (χ0) is 27.3. The summed E-state index contributed by atoms with van der Waals surface area (Å²) in [6.07, 6.45) is 0.00816. The molecule has 200 valence electrons. The summed E-state index contributed by atoms with van der Waals surface area (Å²) in [4.78, 5) is 28.7. The van der Waals surface area contributed by atoms with Crippen molar-refractivity contribution in [1.82, 2.24) is 0 Å². The molecule has 0 heterocycles. The molecule has 3 aromatic rings. The Balaban J connectivity index is 1.77. The van der Waals surface area contributed by atoms with E-state index in [0.29, 0.717) is 53.0 Å². The molecule has 0 unspecified atom stereocenters. The summed E-state index contributed by atoms with van der Waals surface area (Å²) in [6.45, 7) is 3.35. The number of hydrogen-bond donors (Lipinski definition) is 2. The molecule has 0 radical (unpaired) electrons. The summed E-state index contributed by atoms with van der Waals surface area (Å²) in [7, 11) is 1.59.